The van der Waals surface area contributed by atoms with Crippen molar-refractivity contribution in [2.75, 3.05) is 6.54 Å². The lowest BCUT2D eigenvalue weighted by atomic mass is 10.1. The van der Waals surface area contributed by atoms with E-state index in [0.29, 0.717) is 18.0 Å². The highest BCUT2D eigenvalue weighted by molar-refractivity contribution is 6.30. The second kappa shape index (κ2) is 7.84. The summed E-state index contributed by atoms with van der Waals surface area (Å²) < 4.78 is 0. The maximum absolute atomic E-state index is 10.5. The molecule has 98 valence electrons. The number of nitrogens with zero attached hydrogens (tertiary/aromatic N) is 1. The van der Waals surface area contributed by atoms with Crippen LogP contribution in [0.4, 0.5) is 0 Å². The molecule has 0 aliphatic rings. The highest BCUT2D eigenvalue weighted by Gasteiger charge is 2.09. The van der Waals surface area contributed by atoms with E-state index in [1.54, 1.807) is 6.21 Å². The van der Waals surface area contributed by atoms with Gasteiger partial charge in [-0.2, -0.15) is 0 Å². The summed E-state index contributed by atoms with van der Waals surface area (Å²) in [6.45, 7) is 0.676. The van der Waals surface area contributed by atoms with Gasteiger partial charge in [-0.25, -0.2) is 0 Å². The Bertz CT molecular complexity index is 404. The Balaban J connectivity index is 2.18. The molecule has 0 radical (unpaired) electrons. The Labute approximate surface area is 111 Å². The summed E-state index contributed by atoms with van der Waals surface area (Å²) in [6.07, 6.45) is 3.88. The molecule has 0 amide bonds. The monoisotopic (exact) mass is 268 g/mol. The number of carboxylic acids is 1. The summed E-state index contributed by atoms with van der Waals surface area (Å²) in [5.74, 6) is -0.945. The normalized spacial score (nSPS) is 12.8. The molecule has 0 aliphatic carbocycles. The molecule has 0 heterocycles. The molecule has 0 unspecified atom stereocenters. The molecule has 1 rings (SSSR count). The van der Waals surface area contributed by atoms with E-state index in [4.69, 9.17) is 22.4 Å². The van der Waals surface area contributed by atoms with Crippen LogP contribution in [0.5, 0.6) is 0 Å². The van der Waals surface area contributed by atoms with Gasteiger partial charge in [-0.05, 0) is 37.0 Å². The molecular formula is C13H17ClN2O2. The van der Waals surface area contributed by atoms with Crippen LogP contribution < -0.4 is 5.73 Å². The first kappa shape index (κ1) is 14.7. The van der Waals surface area contributed by atoms with E-state index in [1.165, 1.54) is 0 Å². The van der Waals surface area contributed by atoms with E-state index in [9.17, 15) is 4.79 Å². The van der Waals surface area contributed by atoms with E-state index in [-0.39, 0.29) is 0 Å². The molecule has 0 fully saturated rings. The third-order valence-corrected chi connectivity index (χ3v) is 2.73. The van der Waals surface area contributed by atoms with Crippen LogP contribution >= 0.6 is 11.6 Å². The molecule has 3 N–H and O–H groups in total. The number of benzene rings is 1. The number of nitrogens with two attached hydrogens (primary N) is 1. The lowest BCUT2D eigenvalue weighted by Gasteiger charge is -2.04. The van der Waals surface area contributed by atoms with Gasteiger partial charge in [0.25, 0.3) is 0 Å². The second-order valence-corrected chi connectivity index (χ2v) is 4.46. The highest BCUT2D eigenvalue weighted by Crippen LogP contribution is 2.08. The van der Waals surface area contributed by atoms with Crippen LogP contribution in [0.15, 0.2) is 29.3 Å². The van der Waals surface area contributed by atoms with Crippen molar-refractivity contribution in [1.29, 1.82) is 0 Å². The van der Waals surface area contributed by atoms with Crippen LogP contribution in [0.1, 0.15) is 24.8 Å². The number of rotatable bonds is 7. The number of carbonyl (C=O) groups is 1. The van der Waals surface area contributed by atoms with Gasteiger partial charge in [0.15, 0.2) is 0 Å². The number of hydrogen-bond acceptors (Lipinski definition) is 3. The van der Waals surface area contributed by atoms with Crippen LogP contribution in [0.3, 0.4) is 0 Å². The van der Waals surface area contributed by atoms with Crippen molar-refractivity contribution in [2.24, 2.45) is 10.7 Å². The minimum atomic E-state index is -0.945. The third-order valence-electron chi connectivity index (χ3n) is 2.48. The Kier molecular flexibility index (Phi) is 6.39. The molecule has 5 heteroatoms. The Morgan fingerprint density at radius 1 is 1.39 bits per heavy atom. The molecule has 0 spiro atoms. The Morgan fingerprint density at radius 3 is 2.67 bits per heavy atom. The number of unbranched alkanes of at least 4 members (excludes halogenated alkanes) is 1. The molecule has 4 nitrogen and oxygen atoms in total. The fourth-order valence-corrected chi connectivity index (χ4v) is 1.54. The molecule has 1 atom stereocenters. The van der Waals surface area contributed by atoms with E-state index in [1.807, 2.05) is 24.3 Å². The first-order chi connectivity index (χ1) is 8.59. The van der Waals surface area contributed by atoms with Gasteiger partial charge in [0.1, 0.15) is 6.04 Å². The maximum Gasteiger partial charge on any atom is 0.320 e. The number of carboxylic acid groups (broad SMARTS) is 1. The summed E-state index contributed by atoms with van der Waals surface area (Å²) in [5, 5.41) is 9.29. The second-order valence-electron chi connectivity index (χ2n) is 4.03. The minimum absolute atomic E-state index is 0.492. The SMILES string of the molecule is N[C@@H](CCCCN=Cc1ccc(Cl)cc1)C(=O)O. The van der Waals surface area contributed by atoms with Gasteiger partial charge in [-0.1, -0.05) is 23.7 Å². The van der Waals surface area contributed by atoms with Crippen LogP contribution in [0.25, 0.3) is 0 Å². The first-order valence-electron chi connectivity index (χ1n) is 5.83. The quantitative estimate of drug-likeness (QED) is 0.589. The number of hydrogen-bond donors (Lipinski definition) is 2. The maximum atomic E-state index is 10.5. The van der Waals surface area contributed by atoms with Crippen molar-refractivity contribution < 1.29 is 9.90 Å². The zero-order chi connectivity index (χ0) is 13.4. The average molecular weight is 269 g/mol. The van der Waals surface area contributed by atoms with Gasteiger partial charge in [-0.15, -0.1) is 0 Å². The van der Waals surface area contributed by atoms with Crippen molar-refractivity contribution in [3.63, 3.8) is 0 Å². The average Bonchev–Trinajstić information content (AvgIpc) is 2.35. The molecule has 0 saturated heterocycles. The zero-order valence-electron chi connectivity index (χ0n) is 10.1. The van der Waals surface area contributed by atoms with E-state index < -0.39 is 12.0 Å². The predicted octanol–water partition coefficient (Wildman–Crippen LogP) is 2.34. The van der Waals surface area contributed by atoms with Gasteiger partial charge in [0.05, 0.1) is 0 Å². The van der Waals surface area contributed by atoms with Gasteiger partial charge >= 0.3 is 5.97 Å². The lowest BCUT2D eigenvalue weighted by Crippen LogP contribution is -2.29. The molecule has 18 heavy (non-hydrogen) atoms. The van der Waals surface area contributed by atoms with Crippen LogP contribution in [-0.4, -0.2) is 29.9 Å². The molecule has 1 aromatic carbocycles. The van der Waals surface area contributed by atoms with Crippen LogP contribution in [0.2, 0.25) is 5.02 Å². The smallest absolute Gasteiger partial charge is 0.320 e. The van der Waals surface area contributed by atoms with Crippen molar-refractivity contribution in [3.05, 3.63) is 34.9 Å². The van der Waals surface area contributed by atoms with Crippen molar-refractivity contribution in [3.8, 4) is 0 Å². The number of aliphatic carboxylic acids is 1. The lowest BCUT2D eigenvalue weighted by molar-refractivity contribution is -0.138. The summed E-state index contributed by atoms with van der Waals surface area (Å²) in [4.78, 5) is 14.7. The summed E-state index contributed by atoms with van der Waals surface area (Å²) in [5.41, 5.74) is 6.39. The van der Waals surface area contributed by atoms with Gasteiger partial charge in [0, 0.05) is 17.8 Å². The third kappa shape index (κ3) is 5.80. The molecule has 1 aromatic rings. The molecule has 0 bridgehead atoms. The van der Waals surface area contributed by atoms with E-state index >= 15 is 0 Å². The van der Waals surface area contributed by atoms with Crippen LogP contribution in [-0.2, 0) is 4.79 Å². The fraction of sp³-hybridized carbons (Fsp3) is 0.385. The molecule has 0 aromatic heterocycles. The Morgan fingerprint density at radius 2 is 2.06 bits per heavy atom. The van der Waals surface area contributed by atoms with Crippen molar-refractivity contribution in [1.82, 2.24) is 0 Å². The van der Waals surface area contributed by atoms with E-state index in [0.717, 1.165) is 18.4 Å². The summed E-state index contributed by atoms with van der Waals surface area (Å²) in [7, 11) is 0. The standard InChI is InChI=1S/C13H17ClN2O2/c14-11-6-4-10(5-7-11)9-16-8-2-1-3-12(15)13(17)18/h4-7,9,12H,1-3,8,15H2,(H,17,18)/t12-/m0/s1. The summed E-state index contributed by atoms with van der Waals surface area (Å²) in [6, 6.07) is 6.66. The molecular weight excluding hydrogens is 252 g/mol. The highest BCUT2D eigenvalue weighted by atomic mass is 35.5. The zero-order valence-corrected chi connectivity index (χ0v) is 10.8. The first-order valence-corrected chi connectivity index (χ1v) is 6.21. The van der Waals surface area contributed by atoms with Gasteiger partial charge < -0.3 is 10.8 Å². The topological polar surface area (TPSA) is 75.7 Å². The predicted molar refractivity (Wildman–Crippen MR) is 73.4 cm³/mol. The summed E-state index contributed by atoms with van der Waals surface area (Å²) >= 11 is 5.77. The minimum Gasteiger partial charge on any atom is -0.480 e. The number of halogens is 1. The van der Waals surface area contributed by atoms with Crippen LogP contribution in [0, 0.1) is 0 Å². The number of aliphatic imine (C=N–C) groups is 1. The largest absolute Gasteiger partial charge is 0.480 e. The Hall–Kier alpha value is -1.39. The molecule has 0 saturated carbocycles. The van der Waals surface area contributed by atoms with Crippen molar-refractivity contribution in [2.45, 2.75) is 25.3 Å². The van der Waals surface area contributed by atoms with Gasteiger partial charge in [-0.3, -0.25) is 9.79 Å². The molecule has 0 aliphatic heterocycles. The van der Waals surface area contributed by atoms with Crippen molar-refractivity contribution >= 4 is 23.8 Å². The van der Waals surface area contributed by atoms with Gasteiger partial charge in [0.2, 0.25) is 0 Å². The fourth-order valence-electron chi connectivity index (χ4n) is 1.41. The van der Waals surface area contributed by atoms with E-state index in [2.05, 4.69) is 4.99 Å².